The molecule has 0 spiro atoms. The molecule has 4 aromatic rings. The van der Waals surface area contributed by atoms with E-state index in [2.05, 4.69) is 128 Å². The van der Waals surface area contributed by atoms with Gasteiger partial charge in [-0.2, -0.15) is 4.58 Å². The first-order chi connectivity index (χ1) is 14.5. The molecule has 156 valence electrons. The molecule has 0 saturated carbocycles. The number of hydrogen-bond acceptors (Lipinski definition) is 0. The van der Waals surface area contributed by atoms with Crippen molar-refractivity contribution in [3.63, 3.8) is 0 Å². The molecule has 0 radical (unpaired) electrons. The molecule has 3 aromatic carbocycles. The summed E-state index contributed by atoms with van der Waals surface area (Å²) in [5.74, 6) is 0. The number of benzene rings is 3. The summed E-state index contributed by atoms with van der Waals surface area (Å²) in [6.45, 7) is 4.63. The molecule has 2 nitrogen and oxygen atoms in total. The SMILES string of the molecule is Cl.Cn1c(-c2ccccc2)c(/C=C/C2=[N+](C)c3ccccc3C2(C)C)c2ccccc21. The predicted molar refractivity (Wildman–Crippen MR) is 135 cm³/mol. The highest BCUT2D eigenvalue weighted by atomic mass is 35.5. The van der Waals surface area contributed by atoms with Crippen molar-refractivity contribution in [1.82, 2.24) is 4.57 Å². The molecule has 3 heteroatoms. The Hall–Kier alpha value is -3.10. The van der Waals surface area contributed by atoms with Crippen molar-refractivity contribution in [3.8, 4) is 11.3 Å². The van der Waals surface area contributed by atoms with Gasteiger partial charge in [0, 0.05) is 41.2 Å². The van der Waals surface area contributed by atoms with Gasteiger partial charge in [0.15, 0.2) is 5.71 Å². The van der Waals surface area contributed by atoms with Gasteiger partial charge in [-0.15, -0.1) is 12.4 Å². The second-order valence-electron chi connectivity index (χ2n) is 8.62. The molecule has 0 bridgehead atoms. The molecule has 0 atom stereocenters. The lowest BCUT2D eigenvalue weighted by molar-refractivity contribution is -0.401. The molecule has 1 aliphatic rings. The summed E-state index contributed by atoms with van der Waals surface area (Å²) in [6.07, 6.45) is 4.62. The Balaban J connectivity index is 0.00000231. The van der Waals surface area contributed by atoms with Crippen LogP contribution in [-0.4, -0.2) is 21.9 Å². The fraction of sp³-hybridized carbons (Fsp3) is 0.179. The first kappa shape index (κ1) is 21.1. The van der Waals surface area contributed by atoms with E-state index < -0.39 is 0 Å². The van der Waals surface area contributed by atoms with E-state index >= 15 is 0 Å². The monoisotopic (exact) mass is 427 g/mol. The molecule has 0 aliphatic carbocycles. The first-order valence-corrected chi connectivity index (χ1v) is 10.5. The molecule has 1 aliphatic heterocycles. The summed E-state index contributed by atoms with van der Waals surface area (Å²) >= 11 is 0. The van der Waals surface area contributed by atoms with Crippen LogP contribution >= 0.6 is 12.4 Å². The van der Waals surface area contributed by atoms with Gasteiger partial charge in [0.25, 0.3) is 0 Å². The summed E-state index contributed by atoms with van der Waals surface area (Å²) in [6, 6.07) is 28.1. The van der Waals surface area contributed by atoms with Gasteiger partial charge in [0.05, 0.1) is 11.1 Å². The van der Waals surface area contributed by atoms with Crippen LogP contribution in [0.2, 0.25) is 0 Å². The summed E-state index contributed by atoms with van der Waals surface area (Å²) in [5.41, 5.74) is 8.98. The Morgan fingerprint density at radius 2 is 1.45 bits per heavy atom. The van der Waals surface area contributed by atoms with Crippen molar-refractivity contribution in [1.29, 1.82) is 0 Å². The van der Waals surface area contributed by atoms with Crippen LogP contribution in [0.4, 0.5) is 5.69 Å². The van der Waals surface area contributed by atoms with Gasteiger partial charge >= 0.3 is 0 Å². The van der Waals surface area contributed by atoms with Crippen LogP contribution in [0.25, 0.3) is 28.2 Å². The summed E-state index contributed by atoms with van der Waals surface area (Å²) in [4.78, 5) is 0. The minimum Gasteiger partial charge on any atom is -0.343 e. The van der Waals surface area contributed by atoms with E-state index in [-0.39, 0.29) is 17.8 Å². The predicted octanol–water partition coefficient (Wildman–Crippen LogP) is 6.99. The largest absolute Gasteiger partial charge is 0.343 e. The number of rotatable bonds is 3. The molecule has 5 rings (SSSR count). The second kappa shape index (κ2) is 7.86. The third kappa shape index (κ3) is 3.23. The standard InChI is InChI=1S/C28H27N2.ClH/c1-28(2)23-15-9-11-17-25(23)29(3)26(28)19-18-22-21-14-8-10-16-24(21)30(4)27(22)20-12-6-5-7-13-20;/h5-19H,1-4H3;1H/q+1;. The lowest BCUT2D eigenvalue weighted by Crippen LogP contribution is -2.26. The quantitative estimate of drug-likeness (QED) is 0.311. The average Bonchev–Trinajstić information content (AvgIpc) is 3.16. The number of fused-ring (bicyclic) bond motifs is 2. The fourth-order valence-corrected chi connectivity index (χ4v) is 5.00. The number of hydrogen-bond donors (Lipinski definition) is 0. The van der Waals surface area contributed by atoms with Crippen LogP contribution in [0.3, 0.4) is 0 Å². The Kier molecular flexibility index (Phi) is 5.36. The van der Waals surface area contributed by atoms with Gasteiger partial charge < -0.3 is 4.57 Å². The Labute approximate surface area is 190 Å². The molecule has 0 N–H and O–H groups in total. The topological polar surface area (TPSA) is 7.94 Å². The van der Waals surface area contributed by atoms with Crippen LogP contribution in [0, 0.1) is 0 Å². The van der Waals surface area contributed by atoms with Crippen molar-refractivity contribution >= 4 is 40.8 Å². The molecule has 0 saturated heterocycles. The van der Waals surface area contributed by atoms with Crippen LogP contribution in [0.5, 0.6) is 0 Å². The third-order valence-corrected chi connectivity index (χ3v) is 6.54. The normalized spacial score (nSPS) is 14.8. The maximum Gasteiger partial charge on any atom is 0.209 e. The third-order valence-electron chi connectivity index (χ3n) is 6.54. The van der Waals surface area contributed by atoms with Gasteiger partial charge in [0.2, 0.25) is 5.69 Å². The highest BCUT2D eigenvalue weighted by Crippen LogP contribution is 2.40. The zero-order valence-electron chi connectivity index (χ0n) is 18.5. The molecule has 2 heterocycles. The zero-order valence-corrected chi connectivity index (χ0v) is 19.3. The lowest BCUT2D eigenvalue weighted by Gasteiger charge is -2.15. The number of aryl methyl sites for hydroxylation is 1. The number of para-hydroxylation sites is 2. The lowest BCUT2D eigenvalue weighted by atomic mass is 9.81. The highest BCUT2D eigenvalue weighted by molar-refractivity contribution is 6.07. The number of allylic oxidation sites excluding steroid dienone is 1. The van der Waals surface area contributed by atoms with E-state index in [1.165, 1.54) is 44.7 Å². The summed E-state index contributed by atoms with van der Waals surface area (Å²) in [7, 11) is 4.34. The molecule has 31 heavy (non-hydrogen) atoms. The summed E-state index contributed by atoms with van der Waals surface area (Å²) < 4.78 is 4.65. The molecule has 0 amide bonds. The van der Waals surface area contributed by atoms with E-state index in [0.717, 1.165) is 0 Å². The van der Waals surface area contributed by atoms with E-state index in [1.54, 1.807) is 0 Å². The zero-order chi connectivity index (χ0) is 20.9. The average molecular weight is 428 g/mol. The van der Waals surface area contributed by atoms with Crippen molar-refractivity contribution in [2.75, 3.05) is 7.05 Å². The van der Waals surface area contributed by atoms with Crippen molar-refractivity contribution in [2.45, 2.75) is 19.3 Å². The number of aromatic nitrogens is 1. The van der Waals surface area contributed by atoms with E-state index in [4.69, 9.17) is 0 Å². The van der Waals surface area contributed by atoms with Gasteiger partial charge in [-0.05, 0) is 31.6 Å². The van der Waals surface area contributed by atoms with Crippen LogP contribution in [0.15, 0.2) is 84.9 Å². The molecular formula is C28H28ClN2+. The minimum atomic E-state index is -0.0284. The summed E-state index contributed by atoms with van der Waals surface area (Å²) in [5, 5.41) is 1.28. The molecule has 0 unspecified atom stereocenters. The van der Waals surface area contributed by atoms with Gasteiger partial charge in [0.1, 0.15) is 7.05 Å². The minimum absolute atomic E-state index is 0. The molecule has 0 fully saturated rings. The van der Waals surface area contributed by atoms with Crippen molar-refractivity contribution < 1.29 is 4.58 Å². The highest BCUT2D eigenvalue weighted by Gasteiger charge is 2.42. The van der Waals surface area contributed by atoms with Crippen LogP contribution in [-0.2, 0) is 12.5 Å². The van der Waals surface area contributed by atoms with Crippen LogP contribution < -0.4 is 0 Å². The Morgan fingerprint density at radius 1 is 0.806 bits per heavy atom. The van der Waals surface area contributed by atoms with Crippen molar-refractivity contribution in [3.05, 3.63) is 96.1 Å². The van der Waals surface area contributed by atoms with Gasteiger partial charge in [-0.3, -0.25) is 0 Å². The Morgan fingerprint density at radius 3 is 2.19 bits per heavy atom. The first-order valence-electron chi connectivity index (χ1n) is 10.5. The second-order valence-corrected chi connectivity index (χ2v) is 8.62. The number of nitrogens with zero attached hydrogens (tertiary/aromatic N) is 2. The number of halogens is 1. The maximum atomic E-state index is 2.33. The van der Waals surface area contributed by atoms with Crippen LogP contribution in [0.1, 0.15) is 25.0 Å². The van der Waals surface area contributed by atoms with Gasteiger partial charge in [-0.25, -0.2) is 0 Å². The van der Waals surface area contributed by atoms with E-state index in [0.29, 0.717) is 0 Å². The van der Waals surface area contributed by atoms with Crippen molar-refractivity contribution in [2.24, 2.45) is 7.05 Å². The van der Waals surface area contributed by atoms with E-state index in [1.807, 2.05) is 0 Å². The molecule has 1 aromatic heterocycles. The van der Waals surface area contributed by atoms with Gasteiger partial charge in [-0.1, -0.05) is 66.7 Å². The maximum absolute atomic E-state index is 2.33. The fourth-order valence-electron chi connectivity index (χ4n) is 5.00. The van der Waals surface area contributed by atoms with E-state index in [9.17, 15) is 0 Å². The smallest absolute Gasteiger partial charge is 0.209 e. The molecular weight excluding hydrogens is 400 g/mol. The Bertz CT molecular complexity index is 1320.